The fourth-order valence-electron chi connectivity index (χ4n) is 1.47. The van der Waals surface area contributed by atoms with Crippen LogP contribution < -0.4 is 5.56 Å². The number of aliphatic hydroxyl groups is 1. The number of hydrogen-bond donors (Lipinski definition) is 1. The molecule has 84 valence electrons. The molecule has 1 rings (SSSR count). The average Bonchev–Trinajstić information content (AvgIpc) is 2.15. The monoisotopic (exact) mass is 210 g/mol. The van der Waals surface area contributed by atoms with Crippen LogP contribution in [-0.2, 0) is 6.54 Å². The maximum atomic E-state index is 11.3. The summed E-state index contributed by atoms with van der Waals surface area (Å²) in [6, 6.07) is 5.13. The molecule has 0 aliphatic rings. The van der Waals surface area contributed by atoms with Crippen molar-refractivity contribution in [3.63, 3.8) is 0 Å². The van der Waals surface area contributed by atoms with Gasteiger partial charge in [0.05, 0.1) is 6.10 Å². The fourth-order valence-corrected chi connectivity index (χ4v) is 1.47. The molecule has 0 spiro atoms. The van der Waals surface area contributed by atoms with E-state index >= 15 is 0 Å². The highest BCUT2D eigenvalue weighted by atomic mass is 16.3. The van der Waals surface area contributed by atoms with Gasteiger partial charge < -0.3 is 14.6 Å². The van der Waals surface area contributed by atoms with Crippen LogP contribution in [-0.4, -0.2) is 40.8 Å². The summed E-state index contributed by atoms with van der Waals surface area (Å²) >= 11 is 0. The van der Waals surface area contributed by atoms with Crippen molar-refractivity contribution in [1.29, 1.82) is 0 Å². The van der Waals surface area contributed by atoms with Gasteiger partial charge in [-0.1, -0.05) is 6.07 Å². The summed E-state index contributed by atoms with van der Waals surface area (Å²) in [6.07, 6.45) is 1.45. The number of pyridine rings is 1. The smallest absolute Gasteiger partial charge is 0.250 e. The van der Waals surface area contributed by atoms with Crippen LogP contribution in [0.3, 0.4) is 0 Å². The summed E-state index contributed by atoms with van der Waals surface area (Å²) in [5.41, 5.74) is 0.0166. The zero-order chi connectivity index (χ0) is 11.3. The predicted molar refractivity (Wildman–Crippen MR) is 59.9 cm³/mol. The standard InChI is InChI=1S/C11H18N2O2/c1-10(14)9-12(2)7-8-13-6-4-3-5-11(13)15/h3-6,10,14H,7-9H2,1-2H3. The summed E-state index contributed by atoms with van der Waals surface area (Å²) in [7, 11) is 1.93. The summed E-state index contributed by atoms with van der Waals surface area (Å²) < 4.78 is 1.67. The molecule has 0 bridgehead atoms. The van der Waals surface area contributed by atoms with E-state index in [0.717, 1.165) is 6.54 Å². The third-order valence-corrected chi connectivity index (χ3v) is 2.20. The predicted octanol–water partition coefficient (Wildman–Crippen LogP) is 0.161. The van der Waals surface area contributed by atoms with E-state index in [1.54, 1.807) is 29.8 Å². The van der Waals surface area contributed by atoms with E-state index in [0.29, 0.717) is 13.1 Å². The molecular weight excluding hydrogens is 192 g/mol. The Kier molecular flexibility index (Phi) is 4.52. The molecular formula is C11H18N2O2. The lowest BCUT2D eigenvalue weighted by atomic mass is 10.3. The minimum Gasteiger partial charge on any atom is -0.392 e. The zero-order valence-electron chi connectivity index (χ0n) is 9.26. The van der Waals surface area contributed by atoms with Gasteiger partial charge in [0.2, 0.25) is 0 Å². The van der Waals surface area contributed by atoms with E-state index in [-0.39, 0.29) is 11.7 Å². The first kappa shape index (κ1) is 11.9. The molecule has 1 unspecified atom stereocenters. The molecule has 4 nitrogen and oxygen atoms in total. The Bertz CT molecular complexity index is 346. The fraction of sp³-hybridized carbons (Fsp3) is 0.545. The van der Waals surface area contributed by atoms with Gasteiger partial charge in [-0.2, -0.15) is 0 Å². The molecule has 0 aliphatic heterocycles. The van der Waals surface area contributed by atoms with Gasteiger partial charge in [0, 0.05) is 31.9 Å². The molecule has 4 heteroatoms. The van der Waals surface area contributed by atoms with E-state index < -0.39 is 0 Å². The van der Waals surface area contributed by atoms with Crippen molar-refractivity contribution in [2.24, 2.45) is 0 Å². The lowest BCUT2D eigenvalue weighted by Gasteiger charge is -2.18. The van der Waals surface area contributed by atoms with Crippen molar-refractivity contribution in [3.05, 3.63) is 34.7 Å². The first-order chi connectivity index (χ1) is 7.09. The van der Waals surface area contributed by atoms with Crippen LogP contribution in [0.2, 0.25) is 0 Å². The minimum absolute atomic E-state index is 0.0166. The van der Waals surface area contributed by atoms with Gasteiger partial charge in [-0.25, -0.2) is 0 Å². The summed E-state index contributed by atoms with van der Waals surface area (Å²) in [5, 5.41) is 9.16. The average molecular weight is 210 g/mol. The molecule has 15 heavy (non-hydrogen) atoms. The molecule has 0 saturated heterocycles. The summed E-state index contributed by atoms with van der Waals surface area (Å²) in [4.78, 5) is 13.4. The second-order valence-electron chi connectivity index (χ2n) is 3.84. The van der Waals surface area contributed by atoms with Crippen molar-refractivity contribution in [2.75, 3.05) is 20.1 Å². The van der Waals surface area contributed by atoms with Crippen LogP contribution >= 0.6 is 0 Å². The summed E-state index contributed by atoms with van der Waals surface area (Å²) in [6.45, 7) is 3.80. The topological polar surface area (TPSA) is 45.5 Å². The van der Waals surface area contributed by atoms with Gasteiger partial charge in [-0.15, -0.1) is 0 Å². The molecule has 0 saturated carbocycles. The second kappa shape index (κ2) is 5.68. The normalized spacial score (nSPS) is 13.1. The minimum atomic E-state index is -0.331. The lowest BCUT2D eigenvalue weighted by molar-refractivity contribution is 0.139. The Labute approximate surface area is 89.8 Å². The Morgan fingerprint density at radius 1 is 1.53 bits per heavy atom. The van der Waals surface area contributed by atoms with Gasteiger partial charge in [0.25, 0.3) is 5.56 Å². The van der Waals surface area contributed by atoms with Crippen LogP contribution in [0.4, 0.5) is 0 Å². The Morgan fingerprint density at radius 3 is 2.87 bits per heavy atom. The van der Waals surface area contributed by atoms with Gasteiger partial charge in [0.1, 0.15) is 0 Å². The zero-order valence-corrected chi connectivity index (χ0v) is 9.26. The molecule has 1 aromatic rings. The summed E-state index contributed by atoms with van der Waals surface area (Å²) in [5.74, 6) is 0. The van der Waals surface area contributed by atoms with Crippen LogP contribution in [0.15, 0.2) is 29.2 Å². The van der Waals surface area contributed by atoms with Crippen molar-refractivity contribution in [1.82, 2.24) is 9.47 Å². The second-order valence-corrected chi connectivity index (χ2v) is 3.84. The van der Waals surface area contributed by atoms with Crippen molar-refractivity contribution in [2.45, 2.75) is 19.6 Å². The number of aliphatic hydroxyl groups excluding tert-OH is 1. The first-order valence-electron chi connectivity index (χ1n) is 5.11. The number of rotatable bonds is 5. The quantitative estimate of drug-likeness (QED) is 0.753. The molecule has 1 heterocycles. The van der Waals surface area contributed by atoms with Crippen LogP contribution in [0.25, 0.3) is 0 Å². The number of nitrogens with zero attached hydrogens (tertiary/aromatic N) is 2. The third kappa shape index (κ3) is 4.27. The molecule has 1 atom stereocenters. The SMILES string of the molecule is CC(O)CN(C)CCn1ccccc1=O. The van der Waals surface area contributed by atoms with E-state index in [2.05, 4.69) is 0 Å². The highest BCUT2D eigenvalue weighted by Crippen LogP contribution is 1.90. The molecule has 1 N–H and O–H groups in total. The lowest BCUT2D eigenvalue weighted by Crippen LogP contribution is -2.32. The van der Waals surface area contributed by atoms with Crippen molar-refractivity contribution < 1.29 is 5.11 Å². The van der Waals surface area contributed by atoms with E-state index in [9.17, 15) is 4.79 Å². The van der Waals surface area contributed by atoms with Crippen LogP contribution in [0, 0.1) is 0 Å². The Morgan fingerprint density at radius 2 is 2.27 bits per heavy atom. The van der Waals surface area contributed by atoms with Crippen molar-refractivity contribution in [3.8, 4) is 0 Å². The molecule has 1 aromatic heterocycles. The largest absolute Gasteiger partial charge is 0.392 e. The maximum absolute atomic E-state index is 11.3. The molecule has 0 fully saturated rings. The van der Waals surface area contributed by atoms with Gasteiger partial charge >= 0.3 is 0 Å². The van der Waals surface area contributed by atoms with Crippen LogP contribution in [0.5, 0.6) is 0 Å². The highest BCUT2D eigenvalue weighted by Gasteiger charge is 2.02. The Hall–Kier alpha value is -1.13. The van der Waals surface area contributed by atoms with Crippen LogP contribution in [0.1, 0.15) is 6.92 Å². The van der Waals surface area contributed by atoms with E-state index in [4.69, 9.17) is 5.11 Å². The van der Waals surface area contributed by atoms with Gasteiger partial charge in [-0.05, 0) is 20.0 Å². The molecule has 0 amide bonds. The van der Waals surface area contributed by atoms with Gasteiger partial charge in [-0.3, -0.25) is 4.79 Å². The third-order valence-electron chi connectivity index (χ3n) is 2.20. The highest BCUT2D eigenvalue weighted by molar-refractivity contribution is 4.93. The first-order valence-corrected chi connectivity index (χ1v) is 5.11. The number of hydrogen-bond acceptors (Lipinski definition) is 3. The molecule has 0 aromatic carbocycles. The van der Waals surface area contributed by atoms with Crippen molar-refractivity contribution >= 4 is 0 Å². The number of aromatic nitrogens is 1. The maximum Gasteiger partial charge on any atom is 0.250 e. The van der Waals surface area contributed by atoms with Gasteiger partial charge in [0.15, 0.2) is 0 Å². The Balaban J connectivity index is 2.44. The van der Waals surface area contributed by atoms with E-state index in [1.165, 1.54) is 0 Å². The molecule has 0 aliphatic carbocycles. The number of likely N-dealkylation sites (N-methyl/N-ethyl adjacent to an activating group) is 1. The van der Waals surface area contributed by atoms with E-state index in [1.807, 2.05) is 18.0 Å². The molecule has 0 radical (unpaired) electrons.